The smallest absolute Gasteiger partial charge is 0.405 e. The second kappa shape index (κ2) is 5.25. The van der Waals surface area contributed by atoms with Crippen LogP contribution in [-0.2, 0) is 0 Å². The Labute approximate surface area is 104 Å². The van der Waals surface area contributed by atoms with Crippen LogP contribution in [0.2, 0.25) is 0 Å². The Bertz CT molecular complexity index is 470. The number of aryl methyl sites for hydroxylation is 1. The highest BCUT2D eigenvalue weighted by Gasteiger charge is 2.27. The van der Waals surface area contributed by atoms with E-state index in [1.54, 1.807) is 5.32 Å². The minimum absolute atomic E-state index is 0.0288. The highest BCUT2D eigenvalue weighted by atomic mass is 32.1. The molecule has 1 aromatic rings. The van der Waals surface area contributed by atoms with Crippen molar-refractivity contribution < 1.29 is 27.9 Å². The maximum absolute atomic E-state index is 11.8. The van der Waals surface area contributed by atoms with Crippen LogP contribution in [0.4, 0.5) is 23.0 Å². The zero-order valence-electron chi connectivity index (χ0n) is 9.09. The first-order chi connectivity index (χ1) is 8.19. The highest BCUT2D eigenvalue weighted by Crippen LogP contribution is 2.26. The normalized spacial score (nSPS) is 11.1. The van der Waals surface area contributed by atoms with Gasteiger partial charge in [-0.1, -0.05) is 0 Å². The van der Waals surface area contributed by atoms with Crippen molar-refractivity contribution in [2.45, 2.75) is 13.1 Å². The molecule has 0 radical (unpaired) electrons. The number of hydrogen-bond acceptors (Lipinski definition) is 3. The Morgan fingerprint density at radius 1 is 1.44 bits per heavy atom. The van der Waals surface area contributed by atoms with E-state index >= 15 is 0 Å². The number of amides is 2. The van der Waals surface area contributed by atoms with Crippen molar-refractivity contribution in [1.82, 2.24) is 5.32 Å². The number of alkyl halides is 3. The van der Waals surface area contributed by atoms with E-state index in [9.17, 15) is 22.8 Å². The zero-order valence-corrected chi connectivity index (χ0v) is 9.91. The van der Waals surface area contributed by atoms with Gasteiger partial charge in [-0.05, 0) is 18.6 Å². The molecule has 0 unspecified atom stereocenters. The first-order valence-electron chi connectivity index (χ1n) is 4.64. The van der Waals surface area contributed by atoms with Gasteiger partial charge < -0.3 is 10.4 Å². The Kier molecular flexibility index (Phi) is 4.17. The third-order valence-electron chi connectivity index (χ3n) is 1.80. The third-order valence-corrected chi connectivity index (χ3v) is 2.94. The largest absolute Gasteiger partial charge is 0.477 e. The summed E-state index contributed by atoms with van der Waals surface area (Å²) in [7, 11) is 0. The molecular weight excluding hydrogens is 273 g/mol. The van der Waals surface area contributed by atoms with Crippen molar-refractivity contribution in [2.75, 3.05) is 11.9 Å². The lowest BCUT2D eigenvalue weighted by atomic mass is 10.3. The van der Waals surface area contributed by atoms with E-state index in [1.807, 2.05) is 0 Å². The standard InChI is InChI=1S/C9H9F3N2O3S/c1-4-2-5(18-6(4)7(15)16)14-8(17)13-3-9(10,11)12/h2H,3H2,1H3,(H,15,16)(H2,13,14,17). The minimum atomic E-state index is -4.49. The average molecular weight is 282 g/mol. The van der Waals surface area contributed by atoms with E-state index < -0.39 is 24.7 Å². The number of carbonyl (C=O) groups is 2. The first kappa shape index (κ1) is 14.3. The number of nitrogens with one attached hydrogen (secondary N) is 2. The number of thiophene rings is 1. The number of hydrogen-bond donors (Lipinski definition) is 3. The van der Waals surface area contributed by atoms with Gasteiger partial charge in [0.2, 0.25) is 0 Å². The van der Waals surface area contributed by atoms with Gasteiger partial charge in [0.1, 0.15) is 11.4 Å². The monoisotopic (exact) mass is 282 g/mol. The number of carbonyl (C=O) groups excluding carboxylic acids is 1. The van der Waals surface area contributed by atoms with Crippen LogP contribution >= 0.6 is 11.3 Å². The van der Waals surface area contributed by atoms with Gasteiger partial charge in [0.25, 0.3) is 0 Å². The summed E-state index contributed by atoms with van der Waals surface area (Å²) in [6, 6.07) is 0.340. The number of rotatable bonds is 3. The molecule has 0 saturated heterocycles. The summed E-state index contributed by atoms with van der Waals surface area (Å²) in [5.74, 6) is -1.15. The van der Waals surface area contributed by atoms with Crippen molar-refractivity contribution in [3.63, 3.8) is 0 Å². The lowest BCUT2D eigenvalue weighted by Gasteiger charge is -2.08. The highest BCUT2D eigenvalue weighted by molar-refractivity contribution is 7.18. The summed E-state index contributed by atoms with van der Waals surface area (Å²) in [4.78, 5) is 21.8. The number of anilines is 1. The summed E-state index contributed by atoms with van der Waals surface area (Å²) in [6.45, 7) is 0.0771. The Hall–Kier alpha value is -1.77. The molecule has 0 spiro atoms. The molecule has 0 fully saturated rings. The molecule has 1 heterocycles. The van der Waals surface area contributed by atoms with Crippen LogP contribution in [0.25, 0.3) is 0 Å². The zero-order chi connectivity index (χ0) is 13.9. The third kappa shape index (κ3) is 4.24. The van der Waals surface area contributed by atoms with Crippen LogP contribution in [0.1, 0.15) is 15.2 Å². The van der Waals surface area contributed by atoms with Gasteiger partial charge in [-0.2, -0.15) is 13.2 Å². The van der Waals surface area contributed by atoms with Gasteiger partial charge >= 0.3 is 18.2 Å². The first-order valence-corrected chi connectivity index (χ1v) is 5.46. The maximum Gasteiger partial charge on any atom is 0.405 e. The van der Waals surface area contributed by atoms with E-state index in [1.165, 1.54) is 13.0 Å². The Balaban J connectivity index is 2.60. The van der Waals surface area contributed by atoms with Crippen LogP contribution in [-0.4, -0.2) is 29.8 Å². The molecule has 100 valence electrons. The molecule has 2 amide bonds. The lowest BCUT2D eigenvalue weighted by molar-refractivity contribution is -0.122. The Morgan fingerprint density at radius 2 is 2.06 bits per heavy atom. The van der Waals surface area contributed by atoms with Crippen LogP contribution in [0, 0.1) is 6.92 Å². The number of urea groups is 1. The fourth-order valence-electron chi connectivity index (χ4n) is 1.09. The summed E-state index contributed by atoms with van der Waals surface area (Å²) < 4.78 is 35.4. The summed E-state index contributed by atoms with van der Waals surface area (Å²) >= 11 is 0.777. The fraction of sp³-hybridized carbons (Fsp3) is 0.333. The van der Waals surface area contributed by atoms with Crippen molar-refractivity contribution >= 4 is 28.3 Å². The predicted octanol–water partition coefficient (Wildman–Crippen LogP) is 2.44. The SMILES string of the molecule is Cc1cc(NC(=O)NCC(F)(F)F)sc1C(=O)O. The summed E-state index contributed by atoms with van der Waals surface area (Å²) in [6.07, 6.45) is -4.49. The molecule has 0 aromatic carbocycles. The number of carboxylic acids is 1. The van der Waals surface area contributed by atoms with E-state index in [2.05, 4.69) is 5.32 Å². The predicted molar refractivity (Wildman–Crippen MR) is 59.1 cm³/mol. The van der Waals surface area contributed by atoms with E-state index in [4.69, 9.17) is 5.11 Å². The molecule has 0 aliphatic heterocycles. The van der Waals surface area contributed by atoms with Crippen molar-refractivity contribution in [3.8, 4) is 0 Å². The quantitative estimate of drug-likeness (QED) is 0.796. The van der Waals surface area contributed by atoms with Gasteiger partial charge in [0.05, 0.1) is 5.00 Å². The minimum Gasteiger partial charge on any atom is -0.477 e. The van der Waals surface area contributed by atoms with Crippen LogP contribution < -0.4 is 10.6 Å². The molecule has 9 heteroatoms. The van der Waals surface area contributed by atoms with Gasteiger partial charge in [-0.25, -0.2) is 9.59 Å². The molecule has 0 saturated carbocycles. The number of aromatic carboxylic acids is 1. The molecular formula is C9H9F3N2O3S. The molecule has 5 nitrogen and oxygen atoms in total. The van der Waals surface area contributed by atoms with Crippen LogP contribution in [0.15, 0.2) is 6.07 Å². The van der Waals surface area contributed by atoms with Gasteiger partial charge in [0.15, 0.2) is 0 Å². The average Bonchev–Trinajstić information content (AvgIpc) is 2.55. The van der Waals surface area contributed by atoms with Crippen molar-refractivity contribution in [1.29, 1.82) is 0 Å². The molecule has 18 heavy (non-hydrogen) atoms. The van der Waals surface area contributed by atoms with E-state index in [-0.39, 0.29) is 9.88 Å². The van der Waals surface area contributed by atoms with Gasteiger partial charge in [-0.15, -0.1) is 11.3 Å². The Morgan fingerprint density at radius 3 is 2.50 bits per heavy atom. The van der Waals surface area contributed by atoms with Crippen molar-refractivity contribution in [2.24, 2.45) is 0 Å². The van der Waals surface area contributed by atoms with E-state index in [0.29, 0.717) is 5.56 Å². The van der Waals surface area contributed by atoms with Crippen molar-refractivity contribution in [3.05, 3.63) is 16.5 Å². The molecule has 1 aromatic heterocycles. The molecule has 0 aliphatic rings. The molecule has 0 bridgehead atoms. The molecule has 0 atom stereocenters. The molecule has 3 N–H and O–H groups in total. The number of halogens is 3. The molecule has 0 aliphatic carbocycles. The summed E-state index contributed by atoms with van der Waals surface area (Å²) in [5.41, 5.74) is 0.429. The van der Waals surface area contributed by atoms with Crippen LogP contribution in [0.3, 0.4) is 0 Å². The van der Waals surface area contributed by atoms with Gasteiger partial charge in [-0.3, -0.25) is 5.32 Å². The maximum atomic E-state index is 11.8. The van der Waals surface area contributed by atoms with Crippen LogP contribution in [0.5, 0.6) is 0 Å². The van der Waals surface area contributed by atoms with Gasteiger partial charge in [0, 0.05) is 0 Å². The van der Waals surface area contributed by atoms with E-state index in [0.717, 1.165) is 11.3 Å². The second-order valence-electron chi connectivity index (χ2n) is 3.35. The molecule has 1 rings (SSSR count). The second-order valence-corrected chi connectivity index (χ2v) is 4.40. The summed E-state index contributed by atoms with van der Waals surface area (Å²) in [5, 5.41) is 12.7. The fourth-order valence-corrected chi connectivity index (χ4v) is 2.00. The number of carboxylic acid groups (broad SMARTS) is 1. The lowest BCUT2D eigenvalue weighted by Crippen LogP contribution is -2.36. The topological polar surface area (TPSA) is 78.4 Å².